The molecule has 0 spiro atoms. The Labute approximate surface area is 220 Å². The Morgan fingerprint density at radius 2 is 1.89 bits per heavy atom. The van der Waals surface area contributed by atoms with Crippen LogP contribution in [0.4, 0.5) is 28.8 Å². The Balaban J connectivity index is 1.30. The maximum atomic E-state index is 11.6. The largest absolute Gasteiger partial charge is 0.379 e. The second kappa shape index (κ2) is 13.3. The minimum Gasteiger partial charge on any atom is -0.379 e. The summed E-state index contributed by atoms with van der Waals surface area (Å²) in [6, 6.07) is 15.5. The Morgan fingerprint density at radius 3 is 2.67 bits per heavy atom. The molecule has 3 N–H and O–H groups in total. The summed E-state index contributed by atoms with van der Waals surface area (Å²) in [6.07, 6.45) is 3.92. The number of nitrogens with one attached hydrogen (secondary N) is 3. The molecule has 1 fully saturated rings. The number of hydrogen-bond donors (Lipinski definition) is 3. The molecule has 10 heteroatoms. The lowest BCUT2D eigenvalue weighted by molar-refractivity contribution is -0.111. The van der Waals surface area contributed by atoms with E-state index in [-0.39, 0.29) is 5.91 Å². The summed E-state index contributed by atoms with van der Waals surface area (Å²) < 4.78 is 5.40. The second-order valence-electron chi connectivity index (χ2n) is 8.09. The zero-order chi connectivity index (χ0) is 25.2. The Hall–Kier alpha value is -3.11. The number of halogens is 1. The number of thioether (sulfide) groups is 1. The van der Waals surface area contributed by atoms with Gasteiger partial charge in [-0.2, -0.15) is 4.98 Å². The zero-order valence-electron chi connectivity index (χ0n) is 19.9. The van der Waals surface area contributed by atoms with Gasteiger partial charge in [0.05, 0.1) is 19.4 Å². The van der Waals surface area contributed by atoms with Gasteiger partial charge >= 0.3 is 0 Å². The number of benzene rings is 2. The molecule has 1 aliphatic heterocycles. The molecule has 1 saturated heterocycles. The first kappa shape index (κ1) is 26.0. The van der Waals surface area contributed by atoms with E-state index in [1.165, 1.54) is 11.0 Å². The quantitative estimate of drug-likeness (QED) is 0.171. The number of anilines is 5. The van der Waals surface area contributed by atoms with E-state index < -0.39 is 0 Å². The number of ether oxygens (including phenoxy) is 1. The van der Waals surface area contributed by atoms with Crippen LogP contribution in [-0.4, -0.2) is 59.4 Å². The highest BCUT2D eigenvalue weighted by Crippen LogP contribution is 2.27. The molecular formula is C26H29ClN6O2S. The number of nitrogens with zero attached hydrogens (tertiary/aromatic N) is 3. The first-order valence-corrected chi connectivity index (χ1v) is 13.1. The molecule has 2 heterocycles. The fourth-order valence-electron chi connectivity index (χ4n) is 3.59. The predicted octanol–water partition coefficient (Wildman–Crippen LogP) is 5.56. The molecular weight excluding hydrogens is 496 g/mol. The summed E-state index contributed by atoms with van der Waals surface area (Å²) >= 11 is 8.18. The topological polar surface area (TPSA) is 91.4 Å². The third-order valence-electron chi connectivity index (χ3n) is 5.42. The molecule has 2 aromatic carbocycles. The van der Waals surface area contributed by atoms with Gasteiger partial charge in [0.15, 0.2) is 5.82 Å². The first-order valence-electron chi connectivity index (χ1n) is 11.7. The van der Waals surface area contributed by atoms with Crippen molar-refractivity contribution in [2.75, 3.05) is 54.6 Å². The molecule has 3 aromatic rings. The number of amides is 1. The summed E-state index contributed by atoms with van der Waals surface area (Å²) in [7, 11) is 0. The van der Waals surface area contributed by atoms with Crippen LogP contribution in [0.1, 0.15) is 6.42 Å². The maximum absolute atomic E-state index is 11.6. The number of rotatable bonds is 11. The van der Waals surface area contributed by atoms with E-state index in [0.717, 1.165) is 56.4 Å². The highest BCUT2D eigenvalue weighted by atomic mass is 35.5. The smallest absolute Gasteiger partial charge is 0.247 e. The highest BCUT2D eigenvalue weighted by Gasteiger charge is 2.10. The number of aromatic nitrogens is 2. The standard InChI is InChI=1S/C26H29ClN6O2S/c1-2-24(34)29-20-5-3-6-21(17-20)30-25-23(27)18-28-26(32-25)31-19-7-9-22(10-8-19)36-16-4-11-33-12-14-35-15-13-33/h2-3,5-10,17-18H,1,4,11-16H2,(H,29,34)(H2,28,30,31,32). The van der Waals surface area contributed by atoms with Crippen molar-refractivity contribution in [1.29, 1.82) is 0 Å². The Bertz CT molecular complexity index is 1170. The van der Waals surface area contributed by atoms with Crippen molar-refractivity contribution in [3.05, 3.63) is 72.4 Å². The lowest BCUT2D eigenvalue weighted by Gasteiger charge is -2.26. The van der Waals surface area contributed by atoms with E-state index in [1.54, 1.807) is 18.3 Å². The first-order chi connectivity index (χ1) is 17.6. The normalized spacial score (nSPS) is 13.7. The summed E-state index contributed by atoms with van der Waals surface area (Å²) in [5.74, 6) is 1.67. The summed E-state index contributed by atoms with van der Waals surface area (Å²) in [5, 5.41) is 9.51. The zero-order valence-corrected chi connectivity index (χ0v) is 21.4. The van der Waals surface area contributed by atoms with E-state index in [9.17, 15) is 4.79 Å². The molecule has 0 aliphatic carbocycles. The molecule has 4 rings (SSSR count). The third kappa shape index (κ3) is 7.96. The van der Waals surface area contributed by atoms with E-state index in [2.05, 4.69) is 49.5 Å². The molecule has 0 saturated carbocycles. The minimum absolute atomic E-state index is 0.281. The van der Waals surface area contributed by atoms with Crippen molar-refractivity contribution in [3.8, 4) is 0 Å². The van der Waals surface area contributed by atoms with E-state index in [4.69, 9.17) is 16.3 Å². The van der Waals surface area contributed by atoms with Crippen LogP contribution in [0.5, 0.6) is 0 Å². The van der Waals surface area contributed by atoms with Crippen molar-refractivity contribution < 1.29 is 9.53 Å². The Kier molecular flexibility index (Phi) is 9.57. The van der Waals surface area contributed by atoms with Gasteiger partial charge in [0.25, 0.3) is 0 Å². The van der Waals surface area contributed by atoms with Crippen molar-refractivity contribution in [3.63, 3.8) is 0 Å². The van der Waals surface area contributed by atoms with Gasteiger partial charge in [-0.3, -0.25) is 9.69 Å². The second-order valence-corrected chi connectivity index (χ2v) is 9.67. The molecule has 0 radical (unpaired) electrons. The molecule has 0 unspecified atom stereocenters. The van der Waals surface area contributed by atoms with Gasteiger partial charge < -0.3 is 20.7 Å². The van der Waals surface area contributed by atoms with Crippen LogP contribution in [0.3, 0.4) is 0 Å². The van der Waals surface area contributed by atoms with Crippen molar-refractivity contribution in [2.24, 2.45) is 0 Å². The molecule has 8 nitrogen and oxygen atoms in total. The van der Waals surface area contributed by atoms with Crippen LogP contribution in [0, 0.1) is 0 Å². The fraction of sp³-hybridized carbons (Fsp3) is 0.269. The van der Waals surface area contributed by atoms with Gasteiger partial charge in [0, 0.05) is 35.0 Å². The van der Waals surface area contributed by atoms with Crippen LogP contribution in [0.15, 0.2) is 72.3 Å². The van der Waals surface area contributed by atoms with Gasteiger partial charge in [0.2, 0.25) is 11.9 Å². The van der Waals surface area contributed by atoms with Crippen molar-refractivity contribution >= 4 is 58.1 Å². The number of morpholine rings is 1. The fourth-order valence-corrected chi connectivity index (χ4v) is 4.56. The number of hydrogen-bond acceptors (Lipinski definition) is 8. The molecule has 0 atom stereocenters. The van der Waals surface area contributed by atoms with Crippen LogP contribution < -0.4 is 16.0 Å². The maximum Gasteiger partial charge on any atom is 0.247 e. The number of carbonyl (C=O) groups is 1. The highest BCUT2D eigenvalue weighted by molar-refractivity contribution is 7.99. The van der Waals surface area contributed by atoms with Gasteiger partial charge in [0.1, 0.15) is 5.02 Å². The van der Waals surface area contributed by atoms with Gasteiger partial charge in [-0.25, -0.2) is 4.98 Å². The van der Waals surface area contributed by atoms with Gasteiger partial charge in [-0.15, -0.1) is 11.8 Å². The molecule has 188 valence electrons. The SMILES string of the molecule is C=CC(=O)Nc1cccc(Nc2nc(Nc3ccc(SCCCN4CCOCC4)cc3)ncc2Cl)c1. The van der Waals surface area contributed by atoms with Crippen LogP contribution >= 0.6 is 23.4 Å². The van der Waals surface area contributed by atoms with Gasteiger partial charge in [-0.1, -0.05) is 24.2 Å². The summed E-state index contributed by atoms with van der Waals surface area (Å²) in [4.78, 5) is 24.1. The van der Waals surface area contributed by atoms with Crippen LogP contribution in [0.25, 0.3) is 0 Å². The summed E-state index contributed by atoms with van der Waals surface area (Å²) in [5.41, 5.74) is 2.24. The summed E-state index contributed by atoms with van der Waals surface area (Å²) in [6.45, 7) is 8.35. The van der Waals surface area contributed by atoms with Gasteiger partial charge in [-0.05, 0) is 67.3 Å². The van der Waals surface area contributed by atoms with E-state index >= 15 is 0 Å². The minimum atomic E-state index is -0.281. The van der Waals surface area contributed by atoms with Crippen LogP contribution in [0.2, 0.25) is 5.02 Å². The third-order valence-corrected chi connectivity index (χ3v) is 6.80. The predicted molar refractivity (Wildman–Crippen MR) is 148 cm³/mol. The lowest BCUT2D eigenvalue weighted by Crippen LogP contribution is -2.36. The van der Waals surface area contributed by atoms with Crippen molar-refractivity contribution in [2.45, 2.75) is 11.3 Å². The number of carbonyl (C=O) groups excluding carboxylic acids is 1. The van der Waals surface area contributed by atoms with E-state index in [1.807, 2.05) is 36.0 Å². The molecule has 1 aromatic heterocycles. The molecule has 1 aliphatic rings. The lowest BCUT2D eigenvalue weighted by atomic mass is 10.2. The van der Waals surface area contributed by atoms with Crippen molar-refractivity contribution in [1.82, 2.24) is 14.9 Å². The average molecular weight is 525 g/mol. The van der Waals surface area contributed by atoms with E-state index in [0.29, 0.717) is 22.5 Å². The molecule has 1 amide bonds. The molecule has 36 heavy (non-hydrogen) atoms. The molecule has 0 bridgehead atoms. The average Bonchev–Trinajstić information content (AvgIpc) is 2.90. The Morgan fingerprint density at radius 1 is 1.11 bits per heavy atom. The monoisotopic (exact) mass is 524 g/mol. The van der Waals surface area contributed by atoms with Crippen LogP contribution in [-0.2, 0) is 9.53 Å².